The van der Waals surface area contributed by atoms with Crippen LogP contribution in [0.5, 0.6) is 11.5 Å². The fraction of sp³-hybridized carbons (Fsp3) is 0.364. The number of rotatable bonds is 6. The lowest BCUT2D eigenvalue weighted by molar-refractivity contribution is 0.354. The summed E-state index contributed by atoms with van der Waals surface area (Å²) >= 11 is 1.73. The zero-order valence-corrected chi connectivity index (χ0v) is 19.9. The Hall–Kier alpha value is -3.31. The number of benzene rings is 1. The molecule has 0 saturated carbocycles. The number of methoxy groups -OCH3 is 2. The van der Waals surface area contributed by atoms with Crippen molar-refractivity contribution in [2.24, 2.45) is 14.1 Å². The summed E-state index contributed by atoms with van der Waals surface area (Å²) in [7, 11) is 7.18. The Morgan fingerprint density at radius 3 is 2.45 bits per heavy atom. The largest absolute Gasteiger partial charge is 0.493 e. The van der Waals surface area contributed by atoms with Gasteiger partial charge in [0.2, 0.25) is 0 Å². The molecule has 1 saturated heterocycles. The van der Waals surface area contributed by atoms with E-state index in [4.69, 9.17) is 14.5 Å². The maximum Gasteiger partial charge on any atom is 0.165 e. The number of ether oxygens (including phenoxy) is 2. The Labute approximate surface area is 196 Å². The SMILES string of the molecule is COc1ccc(SN2CCN(c3ncnc4c3nc(-c3cnn(C)c3)n4C)CC2)cc1OC. The zero-order valence-electron chi connectivity index (χ0n) is 19.1. The summed E-state index contributed by atoms with van der Waals surface area (Å²) < 4.78 is 16.9. The van der Waals surface area contributed by atoms with E-state index >= 15 is 0 Å². The maximum absolute atomic E-state index is 5.43. The fourth-order valence-electron chi connectivity index (χ4n) is 4.03. The molecule has 3 aromatic heterocycles. The third-order valence-electron chi connectivity index (χ3n) is 5.73. The van der Waals surface area contributed by atoms with Crippen molar-refractivity contribution in [2.45, 2.75) is 4.90 Å². The highest BCUT2D eigenvalue weighted by Crippen LogP contribution is 2.34. The highest BCUT2D eigenvalue weighted by Gasteiger charge is 2.24. The second-order valence-electron chi connectivity index (χ2n) is 7.79. The molecule has 0 radical (unpaired) electrons. The van der Waals surface area contributed by atoms with Crippen LogP contribution in [0, 0.1) is 0 Å². The summed E-state index contributed by atoms with van der Waals surface area (Å²) in [5.41, 5.74) is 2.60. The number of piperazine rings is 1. The quantitative estimate of drug-likeness (QED) is 0.398. The lowest BCUT2D eigenvalue weighted by Gasteiger charge is -2.34. The van der Waals surface area contributed by atoms with Crippen molar-refractivity contribution in [3.8, 4) is 22.9 Å². The molecule has 33 heavy (non-hydrogen) atoms. The minimum atomic E-state index is 0.737. The smallest absolute Gasteiger partial charge is 0.165 e. The molecule has 4 heterocycles. The van der Waals surface area contributed by atoms with Crippen LogP contribution in [0.2, 0.25) is 0 Å². The monoisotopic (exact) mass is 466 g/mol. The minimum Gasteiger partial charge on any atom is -0.493 e. The van der Waals surface area contributed by atoms with Crippen LogP contribution in [0.1, 0.15) is 0 Å². The number of nitrogens with zero attached hydrogens (tertiary/aromatic N) is 8. The van der Waals surface area contributed by atoms with Gasteiger partial charge in [0.15, 0.2) is 28.5 Å². The molecule has 0 spiro atoms. The zero-order chi connectivity index (χ0) is 22.9. The molecule has 0 N–H and O–H groups in total. The van der Waals surface area contributed by atoms with Gasteiger partial charge in [-0.15, -0.1) is 0 Å². The number of hydrogen-bond donors (Lipinski definition) is 0. The van der Waals surface area contributed by atoms with E-state index in [0.717, 1.165) is 70.9 Å². The van der Waals surface area contributed by atoms with Gasteiger partial charge >= 0.3 is 0 Å². The average Bonchev–Trinajstić information content (AvgIpc) is 3.42. The van der Waals surface area contributed by atoms with Crippen molar-refractivity contribution < 1.29 is 9.47 Å². The molecule has 1 aliphatic heterocycles. The van der Waals surface area contributed by atoms with Crippen molar-refractivity contribution in [2.75, 3.05) is 45.3 Å². The van der Waals surface area contributed by atoms with E-state index in [1.807, 2.05) is 43.2 Å². The molecule has 172 valence electrons. The molecular formula is C22H26N8O2S. The Morgan fingerprint density at radius 1 is 0.970 bits per heavy atom. The van der Waals surface area contributed by atoms with Crippen molar-refractivity contribution in [1.29, 1.82) is 0 Å². The molecule has 1 aromatic carbocycles. The first kappa shape index (κ1) is 21.5. The number of aryl methyl sites for hydroxylation is 2. The number of hydrogen-bond acceptors (Lipinski definition) is 9. The molecule has 0 unspecified atom stereocenters. The van der Waals surface area contributed by atoms with Gasteiger partial charge in [-0.2, -0.15) is 5.10 Å². The van der Waals surface area contributed by atoms with E-state index in [9.17, 15) is 0 Å². The summed E-state index contributed by atoms with van der Waals surface area (Å²) in [4.78, 5) is 17.4. The van der Waals surface area contributed by atoms with Crippen LogP contribution in [0.15, 0.2) is 41.8 Å². The van der Waals surface area contributed by atoms with Crippen LogP contribution < -0.4 is 14.4 Å². The summed E-state index contributed by atoms with van der Waals surface area (Å²) in [6.45, 7) is 3.50. The summed E-state index contributed by atoms with van der Waals surface area (Å²) in [6, 6.07) is 6.01. The van der Waals surface area contributed by atoms with Gasteiger partial charge in [-0.25, -0.2) is 19.3 Å². The number of anilines is 1. The van der Waals surface area contributed by atoms with Gasteiger partial charge in [0.1, 0.15) is 12.2 Å². The van der Waals surface area contributed by atoms with Crippen molar-refractivity contribution in [3.05, 3.63) is 36.9 Å². The van der Waals surface area contributed by atoms with E-state index in [-0.39, 0.29) is 0 Å². The molecule has 1 fully saturated rings. The lowest BCUT2D eigenvalue weighted by atomic mass is 10.3. The Kier molecular flexibility index (Phi) is 5.81. The van der Waals surface area contributed by atoms with Gasteiger partial charge in [0, 0.05) is 51.4 Å². The van der Waals surface area contributed by atoms with Gasteiger partial charge in [-0.3, -0.25) is 4.68 Å². The fourth-order valence-corrected chi connectivity index (χ4v) is 4.96. The minimum absolute atomic E-state index is 0.737. The van der Waals surface area contributed by atoms with Crippen molar-refractivity contribution in [1.82, 2.24) is 33.6 Å². The van der Waals surface area contributed by atoms with Gasteiger partial charge < -0.3 is 18.9 Å². The number of aromatic nitrogens is 6. The molecule has 5 rings (SSSR count). The lowest BCUT2D eigenvalue weighted by Crippen LogP contribution is -2.43. The maximum atomic E-state index is 5.43. The first-order chi connectivity index (χ1) is 16.1. The number of fused-ring (bicyclic) bond motifs is 1. The van der Waals surface area contributed by atoms with Crippen LogP contribution in [-0.4, -0.2) is 74.0 Å². The van der Waals surface area contributed by atoms with Gasteiger partial charge in [-0.1, -0.05) is 0 Å². The molecular weight excluding hydrogens is 440 g/mol. The van der Waals surface area contributed by atoms with Crippen LogP contribution in [0.3, 0.4) is 0 Å². The highest BCUT2D eigenvalue weighted by molar-refractivity contribution is 7.97. The van der Waals surface area contributed by atoms with E-state index in [0.29, 0.717) is 0 Å². The van der Waals surface area contributed by atoms with Crippen LogP contribution >= 0.6 is 11.9 Å². The third-order valence-corrected chi connectivity index (χ3v) is 6.82. The first-order valence-electron chi connectivity index (χ1n) is 10.6. The Bertz CT molecular complexity index is 1280. The Balaban J connectivity index is 1.32. The number of imidazole rings is 1. The molecule has 10 nitrogen and oxygen atoms in total. The normalized spacial score (nSPS) is 14.7. The van der Waals surface area contributed by atoms with Crippen molar-refractivity contribution in [3.63, 3.8) is 0 Å². The van der Waals surface area contributed by atoms with Gasteiger partial charge in [0.05, 0.1) is 26.0 Å². The van der Waals surface area contributed by atoms with E-state index in [2.05, 4.69) is 30.3 Å². The molecule has 0 bridgehead atoms. The van der Waals surface area contributed by atoms with Gasteiger partial charge in [-0.05, 0) is 30.1 Å². The molecule has 11 heteroatoms. The van der Waals surface area contributed by atoms with E-state index < -0.39 is 0 Å². The predicted octanol–water partition coefficient (Wildman–Crippen LogP) is 2.61. The third kappa shape index (κ3) is 4.09. The Morgan fingerprint density at radius 2 is 1.76 bits per heavy atom. The second kappa shape index (κ2) is 8.91. The highest BCUT2D eigenvalue weighted by atomic mass is 32.2. The topological polar surface area (TPSA) is 86.4 Å². The standard InChI is InChI=1S/C22H26N8O2S/c1-27-13-15(12-25-27)20-26-19-21(28(20)2)23-14-24-22(19)29-7-9-30(10-8-29)33-16-5-6-17(31-3)18(11-16)32-4/h5-6,11-14H,7-10H2,1-4H3. The molecule has 1 aliphatic rings. The summed E-state index contributed by atoms with van der Waals surface area (Å²) in [5.74, 6) is 3.19. The van der Waals surface area contributed by atoms with Crippen LogP contribution in [0.25, 0.3) is 22.6 Å². The van der Waals surface area contributed by atoms with Crippen LogP contribution in [-0.2, 0) is 14.1 Å². The van der Waals surface area contributed by atoms with Crippen molar-refractivity contribution >= 4 is 28.9 Å². The molecule has 4 aromatic rings. The van der Waals surface area contributed by atoms with Gasteiger partial charge in [0.25, 0.3) is 0 Å². The summed E-state index contributed by atoms with van der Waals surface area (Å²) in [6.07, 6.45) is 5.40. The molecule has 0 atom stereocenters. The first-order valence-corrected chi connectivity index (χ1v) is 11.4. The predicted molar refractivity (Wildman–Crippen MR) is 128 cm³/mol. The van der Waals surface area contributed by atoms with E-state index in [1.165, 1.54) is 0 Å². The van der Waals surface area contributed by atoms with E-state index in [1.54, 1.807) is 37.2 Å². The van der Waals surface area contributed by atoms with Crippen LogP contribution in [0.4, 0.5) is 5.82 Å². The molecule has 0 aliphatic carbocycles. The average molecular weight is 467 g/mol. The second-order valence-corrected chi connectivity index (χ2v) is 8.96. The molecule has 0 amide bonds. The summed E-state index contributed by atoms with van der Waals surface area (Å²) in [5, 5.41) is 4.27.